The van der Waals surface area contributed by atoms with Crippen molar-refractivity contribution in [1.82, 2.24) is 14.5 Å². The number of amides is 1. The van der Waals surface area contributed by atoms with Crippen LogP contribution in [0.15, 0.2) is 47.4 Å². The SMILES string of the molecule is CCCC1(C)NC(=N)N(CC2CCN(S(=O)(=O)c3ccc4ccccc4c3)CC2)C1=O. The highest BCUT2D eigenvalue weighted by molar-refractivity contribution is 7.89. The van der Waals surface area contributed by atoms with Crippen LogP contribution in [0.4, 0.5) is 0 Å². The molecule has 4 rings (SSSR count). The molecule has 2 aliphatic rings. The van der Waals surface area contributed by atoms with Gasteiger partial charge in [0.2, 0.25) is 10.0 Å². The molecule has 7 nitrogen and oxygen atoms in total. The predicted octanol–water partition coefficient (Wildman–Crippen LogP) is 3.17. The number of carbonyl (C=O) groups is 1. The Balaban J connectivity index is 1.41. The van der Waals surface area contributed by atoms with Crippen LogP contribution in [-0.4, -0.2) is 54.7 Å². The van der Waals surface area contributed by atoms with Gasteiger partial charge in [-0.25, -0.2) is 8.42 Å². The molecule has 0 aromatic heterocycles. The lowest BCUT2D eigenvalue weighted by Crippen LogP contribution is -2.45. The molecule has 0 spiro atoms. The fourth-order valence-corrected chi connectivity index (χ4v) is 6.20. The molecule has 1 atom stereocenters. The first-order chi connectivity index (χ1) is 14.7. The molecule has 31 heavy (non-hydrogen) atoms. The molecule has 2 saturated heterocycles. The van der Waals surface area contributed by atoms with Gasteiger partial charge < -0.3 is 5.32 Å². The summed E-state index contributed by atoms with van der Waals surface area (Å²) in [5.41, 5.74) is -0.702. The Kier molecular flexibility index (Phi) is 5.79. The predicted molar refractivity (Wildman–Crippen MR) is 121 cm³/mol. The highest BCUT2D eigenvalue weighted by Crippen LogP contribution is 2.29. The van der Waals surface area contributed by atoms with Gasteiger partial charge in [-0.2, -0.15) is 4.31 Å². The van der Waals surface area contributed by atoms with Gasteiger partial charge in [0.15, 0.2) is 5.96 Å². The maximum absolute atomic E-state index is 13.2. The van der Waals surface area contributed by atoms with Crippen LogP contribution in [-0.2, 0) is 14.8 Å². The summed E-state index contributed by atoms with van der Waals surface area (Å²) in [6, 6.07) is 13.0. The van der Waals surface area contributed by atoms with Crippen molar-refractivity contribution < 1.29 is 13.2 Å². The Labute approximate surface area is 184 Å². The number of piperidine rings is 1. The molecule has 1 unspecified atom stereocenters. The smallest absolute Gasteiger partial charge is 0.254 e. The van der Waals surface area contributed by atoms with Crippen molar-refractivity contribution in [3.63, 3.8) is 0 Å². The molecule has 2 aromatic carbocycles. The number of hydrogen-bond acceptors (Lipinski definition) is 4. The number of rotatable bonds is 6. The van der Waals surface area contributed by atoms with Crippen LogP contribution in [0.25, 0.3) is 10.8 Å². The summed E-state index contributed by atoms with van der Waals surface area (Å²) < 4.78 is 27.9. The van der Waals surface area contributed by atoms with Crippen LogP contribution in [0.5, 0.6) is 0 Å². The maximum Gasteiger partial charge on any atom is 0.254 e. The topological polar surface area (TPSA) is 93.6 Å². The molecule has 0 bridgehead atoms. The summed E-state index contributed by atoms with van der Waals surface area (Å²) >= 11 is 0. The molecule has 0 aliphatic carbocycles. The summed E-state index contributed by atoms with van der Waals surface area (Å²) in [5.74, 6) is 0.288. The number of guanidine groups is 1. The van der Waals surface area contributed by atoms with Gasteiger partial charge in [-0.3, -0.25) is 15.1 Å². The molecule has 2 fully saturated rings. The minimum absolute atomic E-state index is 0.0504. The first-order valence-electron chi connectivity index (χ1n) is 10.9. The molecule has 2 N–H and O–H groups in total. The van der Waals surface area contributed by atoms with Crippen molar-refractivity contribution in [2.75, 3.05) is 19.6 Å². The van der Waals surface area contributed by atoms with Gasteiger partial charge in [0.25, 0.3) is 5.91 Å². The second-order valence-electron chi connectivity index (χ2n) is 8.83. The Morgan fingerprint density at radius 2 is 1.81 bits per heavy atom. The van der Waals surface area contributed by atoms with Gasteiger partial charge in [-0.1, -0.05) is 43.7 Å². The van der Waals surface area contributed by atoms with Crippen molar-refractivity contribution in [2.45, 2.75) is 50.0 Å². The average molecular weight is 443 g/mol. The zero-order chi connectivity index (χ0) is 22.2. The second-order valence-corrected chi connectivity index (χ2v) is 10.8. The third-order valence-corrected chi connectivity index (χ3v) is 8.40. The van der Waals surface area contributed by atoms with Crippen molar-refractivity contribution in [3.05, 3.63) is 42.5 Å². The first kappa shape index (κ1) is 21.8. The Bertz CT molecular complexity index is 1110. The lowest BCUT2D eigenvalue weighted by atomic mass is 9.94. The first-order valence-corrected chi connectivity index (χ1v) is 12.4. The van der Waals surface area contributed by atoms with Crippen LogP contribution in [0.2, 0.25) is 0 Å². The van der Waals surface area contributed by atoms with Crippen molar-refractivity contribution in [2.24, 2.45) is 5.92 Å². The van der Waals surface area contributed by atoms with Gasteiger partial charge >= 0.3 is 0 Å². The van der Waals surface area contributed by atoms with E-state index in [1.807, 2.05) is 44.2 Å². The Morgan fingerprint density at radius 1 is 1.13 bits per heavy atom. The van der Waals surface area contributed by atoms with Crippen LogP contribution in [0.1, 0.15) is 39.5 Å². The summed E-state index contributed by atoms with van der Waals surface area (Å²) in [5, 5.41) is 13.2. The number of hydrogen-bond donors (Lipinski definition) is 2. The molecular weight excluding hydrogens is 412 g/mol. The third-order valence-electron chi connectivity index (χ3n) is 6.50. The van der Waals surface area contributed by atoms with Crippen LogP contribution < -0.4 is 5.32 Å². The molecule has 0 radical (unpaired) electrons. The molecule has 0 saturated carbocycles. The maximum atomic E-state index is 13.2. The number of nitrogens with one attached hydrogen (secondary N) is 2. The highest BCUT2D eigenvalue weighted by atomic mass is 32.2. The normalized spacial score (nSPS) is 23.5. The molecule has 8 heteroatoms. The molecule has 166 valence electrons. The minimum Gasteiger partial charge on any atom is -0.342 e. The van der Waals surface area contributed by atoms with E-state index in [1.54, 1.807) is 16.4 Å². The van der Waals surface area contributed by atoms with E-state index in [2.05, 4.69) is 5.32 Å². The van der Waals surface area contributed by atoms with E-state index < -0.39 is 15.6 Å². The number of fused-ring (bicyclic) bond motifs is 1. The largest absolute Gasteiger partial charge is 0.342 e. The second kappa shape index (κ2) is 8.24. The summed E-state index contributed by atoms with van der Waals surface area (Å²) in [6.07, 6.45) is 2.90. The molecule has 2 aliphatic heterocycles. The van der Waals surface area contributed by atoms with E-state index in [0.717, 1.165) is 17.2 Å². The van der Waals surface area contributed by atoms with E-state index in [-0.39, 0.29) is 17.8 Å². The molecule has 1 amide bonds. The van der Waals surface area contributed by atoms with E-state index in [4.69, 9.17) is 5.41 Å². The fraction of sp³-hybridized carbons (Fsp3) is 0.478. The average Bonchev–Trinajstić information content (AvgIpc) is 2.97. The van der Waals surface area contributed by atoms with Gasteiger partial charge in [0, 0.05) is 19.6 Å². The quantitative estimate of drug-likeness (QED) is 0.719. The van der Waals surface area contributed by atoms with E-state index >= 15 is 0 Å². The summed E-state index contributed by atoms with van der Waals surface area (Å²) in [7, 11) is -3.55. The van der Waals surface area contributed by atoms with Crippen molar-refractivity contribution in [1.29, 1.82) is 5.41 Å². The zero-order valence-corrected chi connectivity index (χ0v) is 18.9. The van der Waals surface area contributed by atoms with E-state index in [1.165, 1.54) is 4.90 Å². The highest BCUT2D eigenvalue weighted by Gasteiger charge is 2.45. The lowest BCUT2D eigenvalue weighted by Gasteiger charge is -2.33. The number of benzene rings is 2. The molecule has 2 aromatic rings. The minimum atomic E-state index is -3.55. The summed E-state index contributed by atoms with van der Waals surface area (Å²) in [6.45, 7) is 5.20. The fourth-order valence-electron chi connectivity index (χ4n) is 4.69. The van der Waals surface area contributed by atoms with E-state index in [9.17, 15) is 13.2 Å². The van der Waals surface area contributed by atoms with Gasteiger partial charge in [0.05, 0.1) is 4.90 Å². The third kappa shape index (κ3) is 4.06. The molecular formula is C23H30N4O3S. The number of sulfonamides is 1. The Hall–Kier alpha value is -2.45. The van der Waals surface area contributed by atoms with Gasteiger partial charge in [-0.05, 0) is 55.0 Å². The van der Waals surface area contributed by atoms with E-state index in [0.29, 0.717) is 43.8 Å². The number of carbonyl (C=O) groups excluding carboxylic acids is 1. The van der Waals surface area contributed by atoms with Gasteiger partial charge in [0.1, 0.15) is 5.54 Å². The monoisotopic (exact) mass is 442 g/mol. The zero-order valence-electron chi connectivity index (χ0n) is 18.1. The van der Waals surface area contributed by atoms with Crippen LogP contribution in [0.3, 0.4) is 0 Å². The Morgan fingerprint density at radius 3 is 2.48 bits per heavy atom. The van der Waals surface area contributed by atoms with Gasteiger partial charge in [-0.15, -0.1) is 0 Å². The van der Waals surface area contributed by atoms with Crippen LogP contribution in [0, 0.1) is 11.3 Å². The van der Waals surface area contributed by atoms with Crippen molar-refractivity contribution >= 4 is 32.7 Å². The van der Waals surface area contributed by atoms with Crippen molar-refractivity contribution in [3.8, 4) is 0 Å². The number of nitrogens with zero attached hydrogens (tertiary/aromatic N) is 2. The standard InChI is InChI=1S/C23H30N4O3S/c1-3-12-23(2)21(28)27(22(24)25-23)16-17-10-13-26(14-11-17)31(29,30)20-9-8-18-6-4-5-7-19(18)15-20/h4-9,15,17H,3,10-14,16H2,1-2H3,(H2,24,25). The lowest BCUT2D eigenvalue weighted by molar-refractivity contribution is -0.131. The molecule has 2 heterocycles. The summed E-state index contributed by atoms with van der Waals surface area (Å²) in [4.78, 5) is 14.7. The van der Waals surface area contributed by atoms with Crippen LogP contribution >= 0.6 is 0 Å².